The summed E-state index contributed by atoms with van der Waals surface area (Å²) in [6.45, 7) is 4.40. The van der Waals surface area contributed by atoms with Gasteiger partial charge in [0.25, 0.3) is 0 Å². The molecule has 2 N–H and O–H groups in total. The van der Waals surface area contributed by atoms with Gasteiger partial charge in [-0.3, -0.25) is 14.8 Å². The summed E-state index contributed by atoms with van der Waals surface area (Å²) in [6.07, 6.45) is 4.91. The van der Waals surface area contributed by atoms with Gasteiger partial charge in [-0.05, 0) is 44.3 Å². The molecule has 0 aliphatic carbocycles. The SMILES string of the molecule is C[C@H](C(=O)NCc1nc(-c2cccs2)n[nH]1)N1CCCCCC1. The van der Waals surface area contributed by atoms with Gasteiger partial charge in [0.2, 0.25) is 5.91 Å². The maximum Gasteiger partial charge on any atom is 0.237 e. The van der Waals surface area contributed by atoms with Crippen LogP contribution in [0.5, 0.6) is 0 Å². The molecule has 0 spiro atoms. The first-order valence-corrected chi connectivity index (χ1v) is 9.09. The van der Waals surface area contributed by atoms with E-state index in [-0.39, 0.29) is 11.9 Å². The van der Waals surface area contributed by atoms with Crippen molar-refractivity contribution in [1.82, 2.24) is 25.4 Å². The predicted octanol–water partition coefficient (Wildman–Crippen LogP) is 2.41. The first-order valence-electron chi connectivity index (χ1n) is 8.21. The van der Waals surface area contributed by atoms with Crippen LogP contribution in [0.15, 0.2) is 17.5 Å². The Bertz CT molecular complexity index is 616. The van der Waals surface area contributed by atoms with Crippen LogP contribution in [0.1, 0.15) is 38.4 Å². The Morgan fingerprint density at radius 1 is 1.39 bits per heavy atom. The largest absolute Gasteiger partial charge is 0.347 e. The van der Waals surface area contributed by atoms with Gasteiger partial charge in [0.05, 0.1) is 17.5 Å². The van der Waals surface area contributed by atoms with Gasteiger partial charge in [-0.25, -0.2) is 4.98 Å². The fraction of sp³-hybridized carbons (Fsp3) is 0.562. The third-order valence-corrected chi connectivity index (χ3v) is 5.14. The normalized spacial score (nSPS) is 17.6. The van der Waals surface area contributed by atoms with Crippen molar-refractivity contribution in [3.63, 3.8) is 0 Å². The van der Waals surface area contributed by atoms with E-state index in [4.69, 9.17) is 0 Å². The third kappa shape index (κ3) is 4.17. The number of carbonyl (C=O) groups excluding carboxylic acids is 1. The minimum atomic E-state index is -0.0900. The summed E-state index contributed by atoms with van der Waals surface area (Å²) >= 11 is 1.60. The molecule has 3 rings (SSSR count). The van der Waals surface area contributed by atoms with Crippen LogP contribution in [0.3, 0.4) is 0 Å². The van der Waals surface area contributed by atoms with Crippen LogP contribution >= 0.6 is 11.3 Å². The summed E-state index contributed by atoms with van der Waals surface area (Å²) in [5.74, 6) is 1.43. The minimum Gasteiger partial charge on any atom is -0.347 e. The number of rotatable bonds is 5. The number of aromatic nitrogens is 3. The molecule has 1 amide bonds. The van der Waals surface area contributed by atoms with Gasteiger partial charge in [0, 0.05) is 0 Å². The molecule has 3 heterocycles. The van der Waals surface area contributed by atoms with E-state index < -0.39 is 0 Å². The number of H-pyrrole nitrogens is 1. The van der Waals surface area contributed by atoms with Crippen LogP contribution in [0.25, 0.3) is 10.7 Å². The van der Waals surface area contributed by atoms with Gasteiger partial charge < -0.3 is 5.32 Å². The van der Waals surface area contributed by atoms with Crippen molar-refractivity contribution in [2.75, 3.05) is 13.1 Å². The quantitative estimate of drug-likeness (QED) is 0.881. The number of nitrogens with one attached hydrogen (secondary N) is 2. The van der Waals surface area contributed by atoms with Crippen molar-refractivity contribution in [1.29, 1.82) is 0 Å². The van der Waals surface area contributed by atoms with Crippen LogP contribution in [0.4, 0.5) is 0 Å². The smallest absolute Gasteiger partial charge is 0.237 e. The minimum absolute atomic E-state index is 0.0565. The summed E-state index contributed by atoms with van der Waals surface area (Å²) in [6, 6.07) is 3.87. The van der Waals surface area contributed by atoms with E-state index in [2.05, 4.69) is 25.4 Å². The summed E-state index contributed by atoms with van der Waals surface area (Å²) in [5.41, 5.74) is 0. The molecule has 124 valence electrons. The van der Waals surface area contributed by atoms with Crippen molar-refractivity contribution in [3.05, 3.63) is 23.3 Å². The van der Waals surface area contributed by atoms with Gasteiger partial charge >= 0.3 is 0 Å². The van der Waals surface area contributed by atoms with Crippen molar-refractivity contribution in [2.45, 2.75) is 45.2 Å². The zero-order valence-electron chi connectivity index (χ0n) is 13.4. The summed E-state index contributed by atoms with van der Waals surface area (Å²) in [4.78, 5) is 20.1. The van der Waals surface area contributed by atoms with Crippen molar-refractivity contribution < 1.29 is 4.79 Å². The Morgan fingerprint density at radius 3 is 2.87 bits per heavy atom. The van der Waals surface area contributed by atoms with Gasteiger partial charge in [-0.2, -0.15) is 5.10 Å². The highest BCUT2D eigenvalue weighted by Gasteiger charge is 2.22. The van der Waals surface area contributed by atoms with E-state index >= 15 is 0 Å². The Kier molecular flexibility index (Phi) is 5.40. The van der Waals surface area contributed by atoms with E-state index in [9.17, 15) is 4.79 Å². The van der Waals surface area contributed by atoms with E-state index in [0.717, 1.165) is 18.0 Å². The molecule has 6 nitrogen and oxygen atoms in total. The number of carbonyl (C=O) groups is 1. The Balaban J connectivity index is 1.52. The molecule has 23 heavy (non-hydrogen) atoms. The molecule has 2 aromatic rings. The molecule has 0 saturated carbocycles. The van der Waals surface area contributed by atoms with Crippen LogP contribution in [0.2, 0.25) is 0 Å². The fourth-order valence-electron chi connectivity index (χ4n) is 2.86. The standard InChI is InChI=1S/C16H23N5OS/c1-12(21-8-4-2-3-5-9-21)16(22)17-11-14-18-15(20-19-14)13-7-6-10-23-13/h6-7,10,12H,2-5,8-9,11H2,1H3,(H,17,22)(H,18,19,20)/t12-/m1/s1. The number of thiophene rings is 1. The zero-order chi connectivity index (χ0) is 16.1. The molecule has 0 radical (unpaired) electrons. The van der Waals surface area contributed by atoms with E-state index in [1.54, 1.807) is 11.3 Å². The molecule has 0 aromatic carbocycles. The third-order valence-electron chi connectivity index (χ3n) is 4.27. The highest BCUT2D eigenvalue weighted by molar-refractivity contribution is 7.13. The second-order valence-electron chi connectivity index (χ2n) is 5.93. The molecule has 0 bridgehead atoms. The molecular formula is C16H23N5OS. The molecule has 7 heteroatoms. The molecule has 1 aliphatic heterocycles. The number of aromatic amines is 1. The molecule has 1 aliphatic rings. The lowest BCUT2D eigenvalue weighted by atomic mass is 10.2. The molecule has 1 atom stereocenters. The Hall–Kier alpha value is -1.73. The first-order chi connectivity index (χ1) is 11.2. The average molecular weight is 333 g/mol. The van der Waals surface area contributed by atoms with Gasteiger partial charge in [-0.15, -0.1) is 11.3 Å². The second kappa shape index (κ2) is 7.70. The summed E-state index contributed by atoms with van der Waals surface area (Å²) in [5, 5.41) is 12.1. The number of hydrogen-bond donors (Lipinski definition) is 2. The zero-order valence-corrected chi connectivity index (χ0v) is 14.2. The second-order valence-corrected chi connectivity index (χ2v) is 6.87. The highest BCUT2D eigenvalue weighted by Crippen LogP contribution is 2.20. The number of hydrogen-bond acceptors (Lipinski definition) is 5. The summed E-state index contributed by atoms with van der Waals surface area (Å²) < 4.78 is 0. The number of amides is 1. The van der Waals surface area contributed by atoms with Gasteiger partial charge in [0.15, 0.2) is 5.82 Å². The van der Waals surface area contributed by atoms with Crippen molar-refractivity contribution >= 4 is 17.2 Å². The van der Waals surface area contributed by atoms with Crippen LogP contribution in [0, 0.1) is 0 Å². The topological polar surface area (TPSA) is 73.9 Å². The van der Waals surface area contributed by atoms with E-state index in [0.29, 0.717) is 18.2 Å². The Morgan fingerprint density at radius 2 is 2.17 bits per heavy atom. The lowest BCUT2D eigenvalue weighted by Gasteiger charge is -2.26. The highest BCUT2D eigenvalue weighted by atomic mass is 32.1. The monoisotopic (exact) mass is 333 g/mol. The first kappa shape index (κ1) is 16.1. The maximum atomic E-state index is 12.4. The summed E-state index contributed by atoms with van der Waals surface area (Å²) in [7, 11) is 0. The fourth-order valence-corrected chi connectivity index (χ4v) is 3.51. The van der Waals surface area contributed by atoms with Gasteiger partial charge in [0.1, 0.15) is 5.82 Å². The van der Waals surface area contributed by atoms with E-state index in [1.807, 2.05) is 24.4 Å². The Labute approximate surface area is 140 Å². The van der Waals surface area contributed by atoms with Crippen LogP contribution in [-0.2, 0) is 11.3 Å². The molecule has 1 fully saturated rings. The molecule has 0 unspecified atom stereocenters. The maximum absolute atomic E-state index is 12.4. The van der Waals surface area contributed by atoms with Crippen molar-refractivity contribution in [2.24, 2.45) is 0 Å². The van der Waals surface area contributed by atoms with Crippen LogP contribution in [-0.4, -0.2) is 45.1 Å². The lowest BCUT2D eigenvalue weighted by Crippen LogP contribution is -2.45. The van der Waals surface area contributed by atoms with E-state index in [1.165, 1.54) is 25.7 Å². The average Bonchev–Trinajstić information content (AvgIpc) is 3.18. The van der Waals surface area contributed by atoms with Gasteiger partial charge in [-0.1, -0.05) is 18.9 Å². The number of likely N-dealkylation sites (tertiary alicyclic amines) is 1. The predicted molar refractivity (Wildman–Crippen MR) is 91.0 cm³/mol. The van der Waals surface area contributed by atoms with Crippen molar-refractivity contribution in [3.8, 4) is 10.7 Å². The lowest BCUT2D eigenvalue weighted by molar-refractivity contribution is -0.126. The molecule has 1 saturated heterocycles. The number of nitrogens with zero attached hydrogens (tertiary/aromatic N) is 3. The molecule has 2 aromatic heterocycles. The molecular weight excluding hydrogens is 310 g/mol. The van der Waals surface area contributed by atoms with Crippen LogP contribution < -0.4 is 5.32 Å².